The molecule has 552 valence electrons. The van der Waals surface area contributed by atoms with Crippen molar-refractivity contribution < 1.29 is 89.1 Å². The van der Waals surface area contributed by atoms with E-state index in [-0.39, 0.29) is 48.9 Å². The van der Waals surface area contributed by atoms with Gasteiger partial charge in [0.25, 0.3) is 17.9 Å². The highest BCUT2D eigenvalue weighted by Crippen LogP contribution is 2.38. The predicted octanol–water partition coefficient (Wildman–Crippen LogP) is 20.0. The molecule has 9 N–H and O–H groups in total. The van der Waals surface area contributed by atoms with Gasteiger partial charge in [0.1, 0.15) is 0 Å². The van der Waals surface area contributed by atoms with Gasteiger partial charge in [-0.2, -0.15) is 0 Å². The summed E-state index contributed by atoms with van der Waals surface area (Å²) in [6.07, 6.45) is 23.1. The fraction of sp³-hybridized carbons (Fsp3) is 0.724. The third-order valence-electron chi connectivity index (χ3n) is 16.1. The summed E-state index contributed by atoms with van der Waals surface area (Å²) in [5, 5.41) is 73.1. The lowest BCUT2D eigenvalue weighted by Gasteiger charge is -2.34. The van der Waals surface area contributed by atoms with Crippen LogP contribution in [-0.2, 0) is 56.0 Å². The fourth-order valence-electron chi connectivity index (χ4n) is 8.91. The quantitative estimate of drug-likeness (QED) is 0.0561. The zero-order valence-electron chi connectivity index (χ0n) is 62.0. The van der Waals surface area contributed by atoms with Gasteiger partial charge in [0.15, 0.2) is 0 Å². The van der Waals surface area contributed by atoms with Crippen LogP contribution in [0.25, 0.3) is 0 Å². The summed E-state index contributed by atoms with van der Waals surface area (Å²) in [6, 6.07) is 17.3. The molecule has 6 unspecified atom stereocenters. The van der Waals surface area contributed by atoms with Gasteiger partial charge in [0.2, 0.25) is 0 Å². The van der Waals surface area contributed by atoms with E-state index in [2.05, 4.69) is 104 Å². The number of rotatable bonds is 21. The molecule has 4 rings (SSSR count). The molecule has 2 aliphatic rings. The molecule has 94 heavy (non-hydrogen) atoms. The van der Waals surface area contributed by atoms with Crippen LogP contribution >= 0.6 is 0 Å². The SMILES string of the molecule is C.CC(=O)O.CC(=O)O.CC(=O)O.CC(C)C(C)C(=O)O.CCC(C)C(=O)O.CCC(CC)C(=O)O.CCC1CCC(CC)CC1.CCC1CCCC(CC)C1C(=O)O.CCCC(C)C(=O)O.CCCC(CC)C(=O)O.CCc1ccc(CC)cc1.Cc1ccc(C)cc1. The van der Waals surface area contributed by atoms with E-state index in [1.807, 2.05) is 55.4 Å². The van der Waals surface area contributed by atoms with E-state index in [4.69, 9.17) is 60.3 Å². The molecular formula is C76H140O18. The van der Waals surface area contributed by atoms with Crippen LogP contribution in [-0.4, -0.2) is 99.7 Å². The lowest BCUT2D eigenvalue weighted by molar-refractivity contribution is -0.148. The molecule has 0 aliphatic heterocycles. The lowest BCUT2D eigenvalue weighted by Crippen LogP contribution is -2.33. The Hall–Kier alpha value is -6.33. The summed E-state index contributed by atoms with van der Waals surface area (Å²) in [4.78, 5) is 88.7. The van der Waals surface area contributed by atoms with E-state index in [0.29, 0.717) is 11.8 Å². The third-order valence-corrected chi connectivity index (χ3v) is 16.1. The van der Waals surface area contributed by atoms with Crippen LogP contribution in [0.15, 0.2) is 48.5 Å². The van der Waals surface area contributed by atoms with E-state index < -0.39 is 53.7 Å². The number of benzene rings is 2. The molecule has 0 aromatic heterocycles. The van der Waals surface area contributed by atoms with Crippen molar-refractivity contribution in [1.29, 1.82) is 0 Å². The molecule has 0 spiro atoms. The standard InChI is InChI=1S/C11H20O2.C10H20.C10H14.C8H10.C7H14O2.3C6H12O2.C5H10O2.3C2H4O2.CH4/c1-3-8-6-5-7-9(4-2)10(8)11(12)13;2*1-3-9-5-7-10(4-2)8-6-9;1-7-3-5-8(2)6-4-7;1-3-5-6(4-2)7(8)9;1-4(2)5(3)6(7)8;1-3-4-5(2)6(7)8;1-3-5(4-2)6(7)8;1-3-4(2)5(6)7;3*1-2(3)4;/h8-10H,3-7H2,1-2H3,(H,12,13);9-10H,3-8H2,1-2H3;5-8H,3-4H2,1-2H3;3-6H,1-2H3;6H,3-5H2,1-2H3,(H,8,9);4-5H,1-3H3,(H,7,8);2*5H,3-4H2,1-2H3,(H,7,8);4H,3H2,1-2H3,(H,6,7);3*1H3,(H,3,4);1H4. The summed E-state index contributed by atoms with van der Waals surface area (Å²) in [7, 11) is 0. The smallest absolute Gasteiger partial charge is 0.307 e. The number of aryl methyl sites for hydroxylation is 4. The van der Waals surface area contributed by atoms with Crippen molar-refractivity contribution in [3.05, 3.63) is 70.8 Å². The van der Waals surface area contributed by atoms with Gasteiger partial charge in [-0.3, -0.25) is 43.2 Å². The first-order valence-corrected chi connectivity index (χ1v) is 34.3. The van der Waals surface area contributed by atoms with Crippen LogP contribution in [0.4, 0.5) is 0 Å². The lowest BCUT2D eigenvalue weighted by atomic mass is 9.70. The zero-order chi connectivity index (χ0) is 74.4. The van der Waals surface area contributed by atoms with Gasteiger partial charge < -0.3 is 46.0 Å². The van der Waals surface area contributed by atoms with Crippen LogP contribution < -0.4 is 0 Å². The molecular weight excluding hydrogens is 1200 g/mol. The van der Waals surface area contributed by atoms with Crippen LogP contribution in [0.1, 0.15) is 290 Å². The van der Waals surface area contributed by atoms with E-state index in [1.54, 1.807) is 20.8 Å². The van der Waals surface area contributed by atoms with Crippen LogP contribution in [0.3, 0.4) is 0 Å². The highest BCUT2D eigenvalue weighted by molar-refractivity contribution is 5.72. The Morgan fingerprint density at radius 1 is 0.394 bits per heavy atom. The minimum atomic E-state index is -0.833. The Labute approximate surface area is 571 Å². The van der Waals surface area contributed by atoms with Gasteiger partial charge in [-0.1, -0.05) is 255 Å². The maximum absolute atomic E-state index is 11.1. The van der Waals surface area contributed by atoms with E-state index >= 15 is 0 Å². The zero-order valence-corrected chi connectivity index (χ0v) is 62.0. The molecule has 2 saturated carbocycles. The Balaban J connectivity index is -0.000000121. The Morgan fingerprint density at radius 2 is 0.691 bits per heavy atom. The molecule has 0 radical (unpaired) electrons. The summed E-state index contributed by atoms with van der Waals surface area (Å²) in [5.74, 6) is -4.13. The molecule has 6 atom stereocenters. The number of hydrogen-bond acceptors (Lipinski definition) is 9. The number of carboxylic acid groups (broad SMARTS) is 9. The fourth-order valence-corrected chi connectivity index (χ4v) is 8.91. The molecule has 2 fully saturated rings. The normalized spacial score (nSPS) is 16.4. The van der Waals surface area contributed by atoms with Crippen LogP contribution in [0.5, 0.6) is 0 Å². The summed E-state index contributed by atoms with van der Waals surface area (Å²) >= 11 is 0. The number of carbonyl (C=O) groups is 9. The van der Waals surface area contributed by atoms with E-state index in [1.165, 1.54) is 67.2 Å². The molecule has 0 saturated heterocycles. The average molecular weight is 1340 g/mol. The van der Waals surface area contributed by atoms with Crippen LogP contribution in [0.2, 0.25) is 0 Å². The monoisotopic (exact) mass is 1340 g/mol. The van der Waals surface area contributed by atoms with Gasteiger partial charge in [0, 0.05) is 20.8 Å². The molecule has 18 heteroatoms. The molecule has 0 amide bonds. The van der Waals surface area contributed by atoms with Crippen molar-refractivity contribution in [1.82, 2.24) is 0 Å². The van der Waals surface area contributed by atoms with Crippen molar-refractivity contribution in [3.63, 3.8) is 0 Å². The van der Waals surface area contributed by atoms with E-state index in [0.717, 1.165) is 122 Å². The van der Waals surface area contributed by atoms with Gasteiger partial charge >= 0.3 is 35.8 Å². The third kappa shape index (κ3) is 73.1. The van der Waals surface area contributed by atoms with Gasteiger partial charge in [-0.15, -0.1) is 0 Å². The van der Waals surface area contributed by atoms with Crippen molar-refractivity contribution in [2.75, 3.05) is 0 Å². The molecule has 18 nitrogen and oxygen atoms in total. The number of aliphatic carboxylic acids is 9. The van der Waals surface area contributed by atoms with Crippen molar-refractivity contribution in [2.45, 2.75) is 295 Å². The second kappa shape index (κ2) is 71.0. The molecule has 2 aromatic rings. The van der Waals surface area contributed by atoms with Gasteiger partial charge in [-0.05, 0) is 119 Å². The Bertz CT molecular complexity index is 2020. The molecule has 2 aliphatic carbocycles. The minimum Gasteiger partial charge on any atom is -0.481 e. The average Bonchev–Trinajstić information content (AvgIpc) is 0.878. The predicted molar refractivity (Wildman–Crippen MR) is 385 cm³/mol. The summed E-state index contributed by atoms with van der Waals surface area (Å²) in [5.41, 5.74) is 5.51. The van der Waals surface area contributed by atoms with Gasteiger partial charge in [-0.25, -0.2) is 0 Å². The first-order chi connectivity index (χ1) is 43.3. The Morgan fingerprint density at radius 3 is 0.819 bits per heavy atom. The minimum absolute atomic E-state index is 0. The topological polar surface area (TPSA) is 336 Å². The summed E-state index contributed by atoms with van der Waals surface area (Å²) in [6.45, 7) is 41.2. The highest BCUT2D eigenvalue weighted by Gasteiger charge is 2.36. The maximum atomic E-state index is 11.1. The second-order valence-corrected chi connectivity index (χ2v) is 24.2. The maximum Gasteiger partial charge on any atom is 0.307 e. The number of hydrogen-bond donors (Lipinski definition) is 9. The van der Waals surface area contributed by atoms with Crippen molar-refractivity contribution >= 4 is 53.7 Å². The highest BCUT2D eigenvalue weighted by atomic mass is 16.4. The Kier molecular flexibility index (Phi) is 80.3. The largest absolute Gasteiger partial charge is 0.481 e. The van der Waals surface area contributed by atoms with Crippen molar-refractivity contribution in [2.24, 2.45) is 65.1 Å². The molecule has 0 bridgehead atoms. The van der Waals surface area contributed by atoms with Gasteiger partial charge in [0.05, 0.1) is 35.5 Å². The van der Waals surface area contributed by atoms with Crippen LogP contribution in [0, 0.1) is 78.9 Å². The number of carboxylic acids is 9. The first-order valence-electron chi connectivity index (χ1n) is 34.3. The molecule has 0 heterocycles. The molecule has 2 aromatic carbocycles. The summed E-state index contributed by atoms with van der Waals surface area (Å²) < 4.78 is 0. The van der Waals surface area contributed by atoms with Crippen molar-refractivity contribution in [3.8, 4) is 0 Å². The van der Waals surface area contributed by atoms with E-state index in [9.17, 15) is 28.8 Å². The second-order valence-electron chi connectivity index (χ2n) is 24.2. The first kappa shape index (κ1) is 106.